The molecule has 3 aromatic carbocycles. The third kappa shape index (κ3) is 3.58. The topological polar surface area (TPSA) is 60.2 Å². The Morgan fingerprint density at radius 3 is 2.39 bits per heavy atom. The minimum absolute atomic E-state index is 0.0822. The van der Waals surface area contributed by atoms with Crippen LogP contribution >= 0.6 is 0 Å². The molecule has 0 radical (unpaired) electrons. The number of fused-ring (bicyclic) bond motifs is 1. The number of nitrogens with zero attached hydrogens (tertiary/aromatic N) is 1. The maximum Gasteiger partial charge on any atom is 0.226 e. The fourth-order valence-corrected chi connectivity index (χ4v) is 4.28. The Hall–Kier alpha value is -3.27. The third-order valence-corrected chi connectivity index (χ3v) is 5.56. The molecule has 140 valence electrons. The number of Topliss-reactive ketones (excluding diaryl/α,β-unsaturated/α-hetero) is 1. The summed E-state index contributed by atoms with van der Waals surface area (Å²) in [7, 11) is 0. The van der Waals surface area contributed by atoms with Gasteiger partial charge >= 0.3 is 0 Å². The van der Waals surface area contributed by atoms with E-state index in [1.807, 2.05) is 84.9 Å². The molecule has 4 rings (SSSR count). The highest BCUT2D eigenvalue weighted by molar-refractivity contribution is 5.88. The lowest BCUT2D eigenvalue weighted by molar-refractivity contribution is -0.535. The summed E-state index contributed by atoms with van der Waals surface area (Å²) in [6, 6.07) is 22.6. The lowest BCUT2D eigenvalue weighted by Gasteiger charge is -2.31. The minimum Gasteiger partial charge on any atom is -0.300 e. The molecule has 4 heteroatoms. The van der Waals surface area contributed by atoms with E-state index in [2.05, 4.69) is 0 Å². The predicted molar refractivity (Wildman–Crippen MR) is 111 cm³/mol. The molecule has 3 atom stereocenters. The van der Waals surface area contributed by atoms with E-state index < -0.39 is 17.9 Å². The van der Waals surface area contributed by atoms with Gasteiger partial charge in [0.25, 0.3) is 0 Å². The van der Waals surface area contributed by atoms with E-state index in [1.165, 1.54) is 0 Å². The molecule has 0 unspecified atom stereocenters. The molecule has 1 aliphatic rings. The van der Waals surface area contributed by atoms with Gasteiger partial charge in [0.15, 0.2) is 0 Å². The number of carbonyl (C=O) groups excluding carboxylic acids is 1. The van der Waals surface area contributed by atoms with E-state index in [0.29, 0.717) is 0 Å². The SMILES string of the molecule is O=C1C[C@@H](/C=C/c2ccccc2)[C@@H]([N+](=O)[O-])[C@H](c2cccc3ccccc23)C1. The summed E-state index contributed by atoms with van der Waals surface area (Å²) in [4.78, 5) is 24.4. The van der Waals surface area contributed by atoms with Gasteiger partial charge in [-0.3, -0.25) is 14.9 Å². The zero-order chi connectivity index (χ0) is 19.5. The van der Waals surface area contributed by atoms with Gasteiger partial charge in [0.1, 0.15) is 5.78 Å². The third-order valence-electron chi connectivity index (χ3n) is 5.56. The molecule has 0 aliphatic heterocycles. The van der Waals surface area contributed by atoms with Crippen molar-refractivity contribution in [3.63, 3.8) is 0 Å². The number of ketones is 1. The Labute approximate surface area is 163 Å². The van der Waals surface area contributed by atoms with Crippen LogP contribution in [0.15, 0.2) is 78.9 Å². The van der Waals surface area contributed by atoms with Crippen molar-refractivity contribution in [2.24, 2.45) is 5.92 Å². The number of rotatable bonds is 4. The standard InChI is InChI=1S/C24H21NO3/c26-20-15-19(14-13-17-7-2-1-3-8-17)24(25(27)28)23(16-20)22-12-6-10-18-9-4-5-11-21(18)22/h1-14,19,23-24H,15-16H2/b14-13+/t19-,23+,24-/m1/s1. The molecule has 28 heavy (non-hydrogen) atoms. The molecule has 1 aliphatic carbocycles. The molecule has 0 aromatic heterocycles. The first-order valence-corrected chi connectivity index (χ1v) is 9.49. The first-order chi connectivity index (χ1) is 13.6. The van der Waals surface area contributed by atoms with E-state index >= 15 is 0 Å². The predicted octanol–water partition coefficient (Wildman–Crippen LogP) is 5.26. The van der Waals surface area contributed by atoms with E-state index in [4.69, 9.17) is 0 Å². The van der Waals surface area contributed by atoms with Gasteiger partial charge in [0.2, 0.25) is 6.04 Å². The molecule has 1 fully saturated rings. The highest BCUT2D eigenvalue weighted by Gasteiger charge is 2.45. The van der Waals surface area contributed by atoms with Crippen LogP contribution in [0, 0.1) is 16.0 Å². The van der Waals surface area contributed by atoms with Crippen molar-refractivity contribution in [1.82, 2.24) is 0 Å². The van der Waals surface area contributed by atoms with Crippen molar-refractivity contribution in [3.8, 4) is 0 Å². The number of nitro groups is 1. The molecular formula is C24H21NO3. The molecule has 0 spiro atoms. The van der Waals surface area contributed by atoms with Crippen LogP contribution in [0.3, 0.4) is 0 Å². The van der Waals surface area contributed by atoms with Crippen molar-refractivity contribution in [1.29, 1.82) is 0 Å². The molecule has 4 nitrogen and oxygen atoms in total. The van der Waals surface area contributed by atoms with E-state index in [0.717, 1.165) is 21.9 Å². The van der Waals surface area contributed by atoms with Crippen molar-refractivity contribution in [2.45, 2.75) is 24.8 Å². The molecule has 3 aromatic rings. The van der Waals surface area contributed by atoms with Gasteiger partial charge in [0.05, 0.1) is 11.8 Å². The van der Waals surface area contributed by atoms with Crippen LogP contribution in [0.4, 0.5) is 0 Å². The Bertz CT molecular complexity index is 1040. The molecule has 1 saturated carbocycles. The monoisotopic (exact) mass is 371 g/mol. The van der Waals surface area contributed by atoms with Gasteiger partial charge in [-0.25, -0.2) is 0 Å². The Balaban J connectivity index is 1.74. The Kier molecular flexibility index (Phi) is 5.02. The lowest BCUT2D eigenvalue weighted by Crippen LogP contribution is -2.40. The van der Waals surface area contributed by atoms with E-state index in [9.17, 15) is 14.9 Å². The number of carbonyl (C=O) groups is 1. The molecule has 0 bridgehead atoms. The zero-order valence-corrected chi connectivity index (χ0v) is 15.4. The average molecular weight is 371 g/mol. The summed E-state index contributed by atoms with van der Waals surface area (Å²) in [6.07, 6.45) is 4.17. The van der Waals surface area contributed by atoms with Crippen LogP contribution < -0.4 is 0 Å². The molecular weight excluding hydrogens is 350 g/mol. The normalized spacial score (nSPS) is 22.6. The van der Waals surface area contributed by atoms with Crippen molar-refractivity contribution in [3.05, 3.63) is 100 Å². The second kappa shape index (κ2) is 7.77. The van der Waals surface area contributed by atoms with Crippen molar-refractivity contribution in [2.75, 3.05) is 0 Å². The largest absolute Gasteiger partial charge is 0.300 e. The minimum atomic E-state index is -0.816. The molecule has 0 N–H and O–H groups in total. The average Bonchev–Trinajstić information content (AvgIpc) is 2.72. The number of hydrogen-bond acceptors (Lipinski definition) is 3. The fourth-order valence-electron chi connectivity index (χ4n) is 4.28. The van der Waals surface area contributed by atoms with Crippen LogP contribution in [0.25, 0.3) is 16.8 Å². The van der Waals surface area contributed by atoms with Gasteiger partial charge < -0.3 is 0 Å². The van der Waals surface area contributed by atoms with Gasteiger partial charge in [0, 0.05) is 17.8 Å². The highest BCUT2D eigenvalue weighted by Crippen LogP contribution is 2.40. The van der Waals surface area contributed by atoms with Crippen LogP contribution in [0.5, 0.6) is 0 Å². The Morgan fingerprint density at radius 1 is 0.893 bits per heavy atom. The summed E-state index contributed by atoms with van der Waals surface area (Å²) in [6.45, 7) is 0. The second-order valence-corrected chi connectivity index (χ2v) is 7.33. The van der Waals surface area contributed by atoms with Gasteiger partial charge in [-0.2, -0.15) is 0 Å². The molecule has 0 amide bonds. The van der Waals surface area contributed by atoms with Crippen LogP contribution in [-0.4, -0.2) is 16.7 Å². The Morgan fingerprint density at radius 2 is 1.61 bits per heavy atom. The quantitative estimate of drug-likeness (QED) is 0.464. The van der Waals surface area contributed by atoms with E-state index in [-0.39, 0.29) is 23.5 Å². The smallest absolute Gasteiger partial charge is 0.226 e. The summed E-state index contributed by atoms with van der Waals surface area (Å²) in [5.41, 5.74) is 1.87. The maximum atomic E-state index is 12.5. The highest BCUT2D eigenvalue weighted by atomic mass is 16.6. The summed E-state index contributed by atoms with van der Waals surface area (Å²) < 4.78 is 0. The van der Waals surface area contributed by atoms with Crippen LogP contribution in [0.2, 0.25) is 0 Å². The zero-order valence-electron chi connectivity index (χ0n) is 15.4. The molecule has 0 heterocycles. The first kappa shape index (κ1) is 18.1. The van der Waals surface area contributed by atoms with Gasteiger partial charge in [-0.15, -0.1) is 0 Å². The van der Waals surface area contributed by atoms with E-state index in [1.54, 1.807) is 0 Å². The first-order valence-electron chi connectivity index (χ1n) is 9.49. The molecule has 0 saturated heterocycles. The van der Waals surface area contributed by atoms with Gasteiger partial charge in [-0.1, -0.05) is 84.9 Å². The fraction of sp³-hybridized carbons (Fsp3) is 0.208. The second-order valence-electron chi connectivity index (χ2n) is 7.33. The van der Waals surface area contributed by atoms with Crippen LogP contribution in [0.1, 0.15) is 29.9 Å². The lowest BCUT2D eigenvalue weighted by atomic mass is 9.72. The van der Waals surface area contributed by atoms with Gasteiger partial charge in [-0.05, 0) is 21.9 Å². The number of benzene rings is 3. The number of hydrogen-bond donors (Lipinski definition) is 0. The summed E-state index contributed by atoms with van der Waals surface area (Å²) >= 11 is 0. The van der Waals surface area contributed by atoms with Crippen LogP contribution in [-0.2, 0) is 4.79 Å². The van der Waals surface area contributed by atoms with Crippen molar-refractivity contribution < 1.29 is 9.72 Å². The van der Waals surface area contributed by atoms with Crippen molar-refractivity contribution >= 4 is 22.6 Å². The summed E-state index contributed by atoms with van der Waals surface area (Å²) in [5, 5.41) is 14.1. The maximum absolute atomic E-state index is 12.5. The summed E-state index contributed by atoms with van der Waals surface area (Å²) in [5.74, 6) is -0.757.